The maximum atomic E-state index is 10.9. The first-order valence-corrected chi connectivity index (χ1v) is 9.61. The molecule has 7 atom stereocenters. The van der Waals surface area contributed by atoms with Gasteiger partial charge < -0.3 is 5.11 Å². The van der Waals surface area contributed by atoms with Gasteiger partial charge in [-0.2, -0.15) is 0 Å². The molecule has 0 bridgehead atoms. The van der Waals surface area contributed by atoms with Crippen LogP contribution in [0.15, 0.2) is 0 Å². The fraction of sp³-hybridized carbons (Fsp3) is 1.00. The summed E-state index contributed by atoms with van der Waals surface area (Å²) in [5.74, 6) is 3.69. The van der Waals surface area contributed by atoms with Crippen LogP contribution in [0.5, 0.6) is 0 Å². The molecule has 1 nitrogen and oxygen atoms in total. The van der Waals surface area contributed by atoms with E-state index in [2.05, 4.69) is 20.8 Å². The highest BCUT2D eigenvalue weighted by Crippen LogP contribution is 2.68. The zero-order valence-corrected chi connectivity index (χ0v) is 14.3. The molecule has 0 heterocycles. The Bertz CT molecular complexity index is 428. The molecule has 4 saturated carbocycles. The molecule has 0 aromatic rings. The van der Waals surface area contributed by atoms with Gasteiger partial charge in [-0.15, -0.1) is 0 Å². The van der Waals surface area contributed by atoms with Crippen LogP contribution in [0.3, 0.4) is 0 Å². The van der Waals surface area contributed by atoms with Crippen LogP contribution in [-0.4, -0.2) is 10.7 Å². The Morgan fingerprint density at radius 3 is 2.33 bits per heavy atom. The molecule has 0 spiro atoms. The lowest BCUT2D eigenvalue weighted by Crippen LogP contribution is -2.55. The van der Waals surface area contributed by atoms with E-state index >= 15 is 0 Å². The summed E-state index contributed by atoms with van der Waals surface area (Å²) in [6.07, 6.45) is 13.9. The molecular formula is C20H34O. The van der Waals surface area contributed by atoms with E-state index in [1.54, 1.807) is 0 Å². The van der Waals surface area contributed by atoms with Crippen LogP contribution in [0.4, 0.5) is 0 Å². The highest BCUT2D eigenvalue weighted by molar-refractivity contribution is 5.12. The van der Waals surface area contributed by atoms with Gasteiger partial charge in [-0.05, 0) is 92.8 Å². The zero-order chi connectivity index (χ0) is 14.9. The third-order valence-electron chi connectivity index (χ3n) is 9.15. The average molecular weight is 290 g/mol. The summed E-state index contributed by atoms with van der Waals surface area (Å²) in [5.41, 5.74) is 0.427. The van der Waals surface area contributed by atoms with Crippen LogP contribution in [0.2, 0.25) is 0 Å². The van der Waals surface area contributed by atoms with Crippen LogP contribution < -0.4 is 0 Å². The van der Waals surface area contributed by atoms with Crippen molar-refractivity contribution in [3.8, 4) is 0 Å². The summed E-state index contributed by atoms with van der Waals surface area (Å²) < 4.78 is 0. The largest absolute Gasteiger partial charge is 0.390 e. The molecule has 0 aliphatic heterocycles. The van der Waals surface area contributed by atoms with Gasteiger partial charge in [0.05, 0.1) is 5.60 Å². The van der Waals surface area contributed by atoms with Crippen molar-refractivity contribution in [3.63, 3.8) is 0 Å². The van der Waals surface area contributed by atoms with E-state index in [0.29, 0.717) is 5.41 Å². The molecule has 4 aliphatic carbocycles. The second-order valence-corrected chi connectivity index (χ2v) is 9.67. The normalized spacial score (nSPS) is 60.0. The van der Waals surface area contributed by atoms with Crippen molar-refractivity contribution in [2.24, 2.45) is 34.5 Å². The van der Waals surface area contributed by atoms with E-state index in [9.17, 15) is 5.11 Å². The first-order chi connectivity index (χ1) is 9.88. The summed E-state index contributed by atoms with van der Waals surface area (Å²) in [5, 5.41) is 10.9. The lowest BCUT2D eigenvalue weighted by atomic mass is 9.44. The Morgan fingerprint density at radius 1 is 0.762 bits per heavy atom. The highest BCUT2D eigenvalue weighted by Gasteiger charge is 2.62. The molecule has 1 N–H and O–H groups in total. The number of aliphatic hydroxyl groups is 1. The summed E-state index contributed by atoms with van der Waals surface area (Å²) >= 11 is 0. The molecule has 4 aliphatic rings. The standard InChI is InChI=1S/C20H34O/c1-18-11-5-4-6-14(18)7-8-15-16(18)9-12-19(2)17(15)10-13-20(19,3)21/h14-17,21H,4-13H2,1-3H3/t14-,15-,16+,17+,18-,19+,20-/m0/s1. The van der Waals surface area contributed by atoms with Crippen LogP contribution in [0, 0.1) is 34.5 Å². The predicted molar refractivity (Wildman–Crippen MR) is 87.0 cm³/mol. The second kappa shape index (κ2) is 4.49. The monoisotopic (exact) mass is 290 g/mol. The predicted octanol–water partition coefficient (Wildman–Crippen LogP) is 5.17. The van der Waals surface area contributed by atoms with E-state index in [1.165, 1.54) is 57.8 Å². The third kappa shape index (κ3) is 1.79. The first-order valence-electron chi connectivity index (χ1n) is 9.61. The number of hydrogen-bond donors (Lipinski definition) is 1. The van der Waals surface area contributed by atoms with Crippen molar-refractivity contribution < 1.29 is 5.11 Å². The number of hydrogen-bond acceptors (Lipinski definition) is 1. The molecule has 4 fully saturated rings. The minimum absolute atomic E-state index is 0.200. The molecule has 0 radical (unpaired) electrons. The van der Waals surface area contributed by atoms with Gasteiger partial charge in [0.1, 0.15) is 0 Å². The van der Waals surface area contributed by atoms with Crippen molar-refractivity contribution in [3.05, 3.63) is 0 Å². The molecule has 4 rings (SSSR count). The van der Waals surface area contributed by atoms with Crippen LogP contribution in [-0.2, 0) is 0 Å². The number of rotatable bonds is 0. The Labute approximate surface area is 130 Å². The van der Waals surface area contributed by atoms with Gasteiger partial charge in [-0.1, -0.05) is 26.7 Å². The van der Waals surface area contributed by atoms with Gasteiger partial charge in [-0.3, -0.25) is 0 Å². The molecule has 21 heavy (non-hydrogen) atoms. The van der Waals surface area contributed by atoms with Gasteiger partial charge in [0.25, 0.3) is 0 Å². The second-order valence-electron chi connectivity index (χ2n) is 9.67. The fourth-order valence-corrected chi connectivity index (χ4v) is 7.54. The van der Waals surface area contributed by atoms with Crippen LogP contribution in [0.25, 0.3) is 0 Å². The lowest BCUT2D eigenvalue weighted by molar-refractivity contribution is -0.145. The summed E-state index contributed by atoms with van der Waals surface area (Å²) in [7, 11) is 0. The lowest BCUT2D eigenvalue weighted by Gasteiger charge is -2.61. The van der Waals surface area contributed by atoms with Crippen molar-refractivity contribution in [2.75, 3.05) is 0 Å². The summed E-state index contributed by atoms with van der Waals surface area (Å²) in [6.45, 7) is 7.18. The van der Waals surface area contributed by atoms with E-state index in [4.69, 9.17) is 0 Å². The molecular weight excluding hydrogens is 256 g/mol. The Morgan fingerprint density at radius 2 is 1.52 bits per heavy atom. The molecule has 120 valence electrons. The topological polar surface area (TPSA) is 20.2 Å². The quantitative estimate of drug-likeness (QED) is 0.652. The minimum atomic E-state index is -0.410. The van der Waals surface area contributed by atoms with Crippen LogP contribution in [0.1, 0.15) is 85.0 Å². The van der Waals surface area contributed by atoms with Crippen LogP contribution >= 0.6 is 0 Å². The first kappa shape index (κ1) is 14.5. The van der Waals surface area contributed by atoms with E-state index < -0.39 is 5.60 Å². The zero-order valence-electron chi connectivity index (χ0n) is 14.3. The Kier molecular flexibility index (Phi) is 3.11. The molecule has 0 amide bonds. The van der Waals surface area contributed by atoms with Gasteiger partial charge >= 0.3 is 0 Å². The smallest absolute Gasteiger partial charge is 0.0675 e. The van der Waals surface area contributed by atoms with E-state index in [1.807, 2.05) is 0 Å². The van der Waals surface area contributed by atoms with Crippen molar-refractivity contribution in [1.29, 1.82) is 0 Å². The Hall–Kier alpha value is -0.0400. The number of fused-ring (bicyclic) bond motifs is 5. The summed E-state index contributed by atoms with van der Waals surface area (Å²) in [4.78, 5) is 0. The molecule has 0 aromatic carbocycles. The van der Waals surface area contributed by atoms with Crippen molar-refractivity contribution in [2.45, 2.75) is 90.6 Å². The highest BCUT2D eigenvalue weighted by atomic mass is 16.3. The molecule has 0 aromatic heterocycles. The minimum Gasteiger partial charge on any atom is -0.390 e. The average Bonchev–Trinajstić information content (AvgIpc) is 2.69. The third-order valence-corrected chi connectivity index (χ3v) is 9.15. The van der Waals surface area contributed by atoms with Gasteiger partial charge in [0, 0.05) is 0 Å². The molecule has 0 saturated heterocycles. The maximum absolute atomic E-state index is 10.9. The van der Waals surface area contributed by atoms with Crippen molar-refractivity contribution in [1.82, 2.24) is 0 Å². The van der Waals surface area contributed by atoms with Gasteiger partial charge in [-0.25, -0.2) is 0 Å². The SMILES string of the molecule is C[C@]12CCCC[C@H]1CC[C@H]1[C@H]2CC[C@]2(C)[C@@H]1CC[C@]2(C)O. The maximum Gasteiger partial charge on any atom is 0.0675 e. The molecule has 0 unspecified atom stereocenters. The van der Waals surface area contributed by atoms with E-state index in [-0.39, 0.29) is 5.41 Å². The summed E-state index contributed by atoms with van der Waals surface area (Å²) in [6, 6.07) is 0. The van der Waals surface area contributed by atoms with E-state index in [0.717, 1.165) is 30.1 Å². The molecule has 1 heteroatoms. The van der Waals surface area contributed by atoms with Gasteiger partial charge in [0.2, 0.25) is 0 Å². The fourth-order valence-electron chi connectivity index (χ4n) is 7.54. The van der Waals surface area contributed by atoms with Gasteiger partial charge in [0.15, 0.2) is 0 Å². The Balaban J connectivity index is 1.66. The van der Waals surface area contributed by atoms with Crippen molar-refractivity contribution >= 4 is 0 Å².